The van der Waals surface area contributed by atoms with Crippen molar-refractivity contribution in [1.82, 2.24) is 9.97 Å². The summed E-state index contributed by atoms with van der Waals surface area (Å²) in [6.45, 7) is 0. The van der Waals surface area contributed by atoms with Crippen LogP contribution in [0.25, 0.3) is 0 Å². The number of hydrogen-bond donors (Lipinski definition) is 2. The molecule has 0 spiro atoms. The summed E-state index contributed by atoms with van der Waals surface area (Å²) < 4.78 is 5.17. The average Bonchev–Trinajstić information content (AvgIpc) is 3.40. The van der Waals surface area contributed by atoms with Gasteiger partial charge in [0.05, 0.1) is 13.3 Å². The normalized spacial score (nSPS) is 13.3. The van der Waals surface area contributed by atoms with Crippen LogP contribution in [0.2, 0.25) is 0 Å². The molecule has 23 heavy (non-hydrogen) atoms. The van der Waals surface area contributed by atoms with Crippen molar-refractivity contribution in [3.63, 3.8) is 0 Å². The van der Waals surface area contributed by atoms with Crippen LogP contribution in [0, 0.1) is 5.92 Å². The molecule has 118 valence electrons. The Morgan fingerprint density at radius 1 is 1.22 bits per heavy atom. The molecule has 0 radical (unpaired) electrons. The molecular formula is C16H16N4O3. The summed E-state index contributed by atoms with van der Waals surface area (Å²) in [6.07, 6.45) is 6.39. The molecule has 0 atom stereocenters. The summed E-state index contributed by atoms with van der Waals surface area (Å²) in [6, 6.07) is 4.77. The Hall–Kier alpha value is -2.96. The van der Waals surface area contributed by atoms with E-state index in [9.17, 15) is 9.59 Å². The van der Waals surface area contributed by atoms with Gasteiger partial charge in [-0.15, -0.1) is 0 Å². The Morgan fingerprint density at radius 2 is 2.04 bits per heavy atom. The van der Waals surface area contributed by atoms with E-state index in [4.69, 9.17) is 4.74 Å². The van der Waals surface area contributed by atoms with E-state index >= 15 is 0 Å². The molecule has 7 heteroatoms. The Bertz CT molecular complexity index is 744. The lowest BCUT2D eigenvalue weighted by Crippen LogP contribution is -2.16. The molecule has 0 bridgehead atoms. The number of methoxy groups -OCH3 is 1. The number of pyridine rings is 2. The quantitative estimate of drug-likeness (QED) is 0.881. The highest BCUT2D eigenvalue weighted by atomic mass is 16.5. The Kier molecular flexibility index (Phi) is 4.18. The Balaban J connectivity index is 1.73. The molecule has 3 rings (SSSR count). The van der Waals surface area contributed by atoms with Gasteiger partial charge in [0.2, 0.25) is 5.91 Å². The number of carbonyl (C=O) groups is 2. The molecule has 2 N–H and O–H groups in total. The van der Waals surface area contributed by atoms with E-state index in [0.717, 1.165) is 12.8 Å². The minimum atomic E-state index is -0.333. The molecule has 0 unspecified atom stereocenters. The fraction of sp³-hybridized carbons (Fsp3) is 0.250. The molecule has 1 aliphatic rings. The van der Waals surface area contributed by atoms with E-state index in [0.29, 0.717) is 22.8 Å². The molecule has 2 heterocycles. The average molecular weight is 312 g/mol. The van der Waals surface area contributed by atoms with Gasteiger partial charge in [0.1, 0.15) is 17.3 Å². The molecule has 0 aliphatic heterocycles. The smallest absolute Gasteiger partial charge is 0.255 e. The van der Waals surface area contributed by atoms with Crippen molar-refractivity contribution < 1.29 is 14.3 Å². The zero-order chi connectivity index (χ0) is 16.2. The van der Waals surface area contributed by atoms with Crippen molar-refractivity contribution in [2.24, 2.45) is 5.92 Å². The van der Waals surface area contributed by atoms with Crippen LogP contribution in [-0.4, -0.2) is 28.9 Å². The highest BCUT2D eigenvalue weighted by Gasteiger charge is 2.29. The van der Waals surface area contributed by atoms with E-state index in [1.807, 2.05) is 0 Å². The summed E-state index contributed by atoms with van der Waals surface area (Å²) in [5.74, 6) is 0.580. The fourth-order valence-electron chi connectivity index (χ4n) is 2.06. The molecule has 1 aliphatic carbocycles. The fourth-order valence-corrected chi connectivity index (χ4v) is 2.06. The molecule has 2 aromatic heterocycles. The number of anilines is 2. The van der Waals surface area contributed by atoms with Gasteiger partial charge in [0, 0.05) is 29.9 Å². The van der Waals surface area contributed by atoms with E-state index in [1.165, 1.54) is 19.5 Å². The van der Waals surface area contributed by atoms with Gasteiger partial charge in [-0.3, -0.25) is 14.6 Å². The van der Waals surface area contributed by atoms with Crippen LogP contribution in [0.15, 0.2) is 36.8 Å². The number of rotatable bonds is 5. The first-order valence-electron chi connectivity index (χ1n) is 7.23. The summed E-state index contributed by atoms with van der Waals surface area (Å²) in [7, 11) is 1.52. The van der Waals surface area contributed by atoms with Gasteiger partial charge in [0.25, 0.3) is 5.91 Å². The minimum Gasteiger partial charge on any atom is -0.494 e. The monoisotopic (exact) mass is 312 g/mol. The summed E-state index contributed by atoms with van der Waals surface area (Å²) in [5.41, 5.74) is 0.859. The lowest BCUT2D eigenvalue weighted by atomic mass is 10.2. The van der Waals surface area contributed by atoms with Gasteiger partial charge in [-0.2, -0.15) is 0 Å². The van der Waals surface area contributed by atoms with Crippen LogP contribution in [0.1, 0.15) is 23.2 Å². The van der Waals surface area contributed by atoms with Gasteiger partial charge in [-0.25, -0.2) is 4.98 Å². The highest BCUT2D eigenvalue weighted by Crippen LogP contribution is 2.30. The topological polar surface area (TPSA) is 93.2 Å². The molecule has 2 amide bonds. The van der Waals surface area contributed by atoms with E-state index < -0.39 is 0 Å². The second-order valence-corrected chi connectivity index (χ2v) is 5.22. The number of amides is 2. The van der Waals surface area contributed by atoms with Crippen LogP contribution in [0.5, 0.6) is 5.75 Å². The summed E-state index contributed by atoms with van der Waals surface area (Å²) in [4.78, 5) is 32.1. The minimum absolute atomic E-state index is 0.0519. The maximum Gasteiger partial charge on any atom is 0.255 e. The molecule has 0 saturated heterocycles. The third-order valence-electron chi connectivity index (χ3n) is 3.47. The lowest BCUT2D eigenvalue weighted by molar-refractivity contribution is -0.117. The third kappa shape index (κ3) is 3.63. The van der Waals surface area contributed by atoms with Crippen molar-refractivity contribution >= 4 is 23.3 Å². The molecule has 1 fully saturated rings. The number of carbonyl (C=O) groups excluding carboxylic acids is 2. The van der Waals surface area contributed by atoms with E-state index in [2.05, 4.69) is 20.6 Å². The Labute approximate surface area is 133 Å². The SMILES string of the molecule is COc1ccncc1NC(=O)c1ccnc(NC(=O)C2CC2)c1. The number of hydrogen-bond acceptors (Lipinski definition) is 5. The standard InChI is InChI=1S/C16H16N4O3/c1-23-13-5-6-17-9-12(13)19-16(22)11-4-7-18-14(8-11)20-15(21)10-2-3-10/h4-10H,2-3H2,1H3,(H,19,22)(H,18,20,21). The molecule has 0 aromatic carbocycles. The Morgan fingerprint density at radius 3 is 2.78 bits per heavy atom. The lowest BCUT2D eigenvalue weighted by Gasteiger charge is -2.10. The largest absolute Gasteiger partial charge is 0.494 e. The first kappa shape index (κ1) is 15.0. The third-order valence-corrected chi connectivity index (χ3v) is 3.47. The number of nitrogens with zero attached hydrogens (tertiary/aromatic N) is 2. The van der Waals surface area contributed by atoms with Gasteiger partial charge >= 0.3 is 0 Å². The van der Waals surface area contributed by atoms with Crippen LogP contribution in [0.3, 0.4) is 0 Å². The maximum atomic E-state index is 12.3. The zero-order valence-corrected chi connectivity index (χ0v) is 12.6. The predicted molar refractivity (Wildman–Crippen MR) is 84.3 cm³/mol. The van der Waals surface area contributed by atoms with E-state index in [1.54, 1.807) is 24.4 Å². The van der Waals surface area contributed by atoms with Crippen molar-refractivity contribution in [3.8, 4) is 5.75 Å². The van der Waals surface area contributed by atoms with Crippen LogP contribution in [-0.2, 0) is 4.79 Å². The number of nitrogens with one attached hydrogen (secondary N) is 2. The first-order chi connectivity index (χ1) is 11.2. The van der Waals surface area contributed by atoms with Crippen molar-refractivity contribution in [3.05, 3.63) is 42.4 Å². The van der Waals surface area contributed by atoms with Crippen LogP contribution < -0.4 is 15.4 Å². The molecular weight excluding hydrogens is 296 g/mol. The maximum absolute atomic E-state index is 12.3. The number of ether oxygens (including phenoxy) is 1. The van der Waals surface area contributed by atoms with Crippen LogP contribution in [0.4, 0.5) is 11.5 Å². The van der Waals surface area contributed by atoms with Gasteiger partial charge < -0.3 is 15.4 Å². The van der Waals surface area contributed by atoms with Crippen molar-refractivity contribution in [2.45, 2.75) is 12.8 Å². The molecule has 7 nitrogen and oxygen atoms in total. The van der Waals surface area contributed by atoms with Gasteiger partial charge in [0.15, 0.2) is 0 Å². The summed E-state index contributed by atoms with van der Waals surface area (Å²) in [5, 5.41) is 5.44. The first-order valence-corrected chi connectivity index (χ1v) is 7.23. The van der Waals surface area contributed by atoms with E-state index in [-0.39, 0.29) is 17.7 Å². The van der Waals surface area contributed by atoms with Crippen LogP contribution >= 0.6 is 0 Å². The summed E-state index contributed by atoms with van der Waals surface area (Å²) >= 11 is 0. The van der Waals surface area contributed by atoms with Gasteiger partial charge in [-0.1, -0.05) is 0 Å². The zero-order valence-electron chi connectivity index (χ0n) is 12.6. The number of aromatic nitrogens is 2. The van der Waals surface area contributed by atoms with Crippen molar-refractivity contribution in [2.75, 3.05) is 17.7 Å². The van der Waals surface area contributed by atoms with Gasteiger partial charge in [-0.05, 0) is 25.0 Å². The molecule has 2 aromatic rings. The second kappa shape index (κ2) is 6.43. The highest BCUT2D eigenvalue weighted by molar-refractivity contribution is 6.05. The predicted octanol–water partition coefficient (Wildman–Crippen LogP) is 2.09. The molecule has 1 saturated carbocycles. The van der Waals surface area contributed by atoms with Crippen molar-refractivity contribution in [1.29, 1.82) is 0 Å². The second-order valence-electron chi connectivity index (χ2n) is 5.22.